The van der Waals surface area contributed by atoms with Crippen LogP contribution in [0.15, 0.2) is 0 Å². The Morgan fingerprint density at radius 1 is 1.06 bits per heavy atom. The maximum Gasteiger partial charge on any atom is 0.305 e. The van der Waals surface area contributed by atoms with E-state index in [-0.39, 0.29) is 5.97 Å². The van der Waals surface area contributed by atoms with E-state index in [9.17, 15) is 9.59 Å². The summed E-state index contributed by atoms with van der Waals surface area (Å²) >= 11 is 0. The van der Waals surface area contributed by atoms with E-state index in [2.05, 4.69) is 4.74 Å². The summed E-state index contributed by atoms with van der Waals surface area (Å²) in [6.45, 7) is 0. The smallest absolute Gasteiger partial charge is 0.305 e. The molecule has 3 heteroatoms. The highest BCUT2D eigenvalue weighted by atomic mass is 16.5. The third kappa shape index (κ3) is 4.77. The largest absolute Gasteiger partial charge is 0.469 e. The normalized spacial score (nSPS) is 17.1. The number of hydrogen-bond acceptors (Lipinski definition) is 3. The molecule has 1 fully saturated rings. The van der Waals surface area contributed by atoms with Gasteiger partial charge in [0.15, 0.2) is 0 Å². The van der Waals surface area contributed by atoms with Crippen molar-refractivity contribution in [1.82, 2.24) is 0 Å². The van der Waals surface area contributed by atoms with Crippen LogP contribution in [-0.2, 0) is 14.3 Å². The van der Waals surface area contributed by atoms with Gasteiger partial charge in [0, 0.05) is 18.8 Å². The highest BCUT2D eigenvalue weighted by Gasteiger charge is 2.20. The number of rotatable bonds is 6. The summed E-state index contributed by atoms with van der Waals surface area (Å²) in [5.74, 6) is 0.543. The molecule has 1 aliphatic rings. The molecule has 3 nitrogen and oxygen atoms in total. The van der Waals surface area contributed by atoms with Crippen LogP contribution in [0.2, 0.25) is 0 Å². The lowest BCUT2D eigenvalue weighted by Crippen LogP contribution is -2.17. The molecule has 0 atom stereocenters. The first-order chi connectivity index (χ1) is 7.74. The van der Waals surface area contributed by atoms with Crippen LogP contribution in [0.1, 0.15) is 57.8 Å². The van der Waals surface area contributed by atoms with E-state index < -0.39 is 0 Å². The molecule has 16 heavy (non-hydrogen) atoms. The van der Waals surface area contributed by atoms with E-state index in [1.807, 2.05) is 0 Å². The number of carbonyl (C=O) groups excluding carboxylic acids is 2. The Balaban J connectivity index is 2.07. The van der Waals surface area contributed by atoms with Crippen molar-refractivity contribution in [1.29, 1.82) is 0 Å². The van der Waals surface area contributed by atoms with Crippen molar-refractivity contribution in [3.05, 3.63) is 0 Å². The molecule has 0 radical (unpaired) electrons. The predicted octanol–water partition coefficient (Wildman–Crippen LogP) is 2.87. The van der Waals surface area contributed by atoms with E-state index in [1.165, 1.54) is 26.4 Å². The minimum absolute atomic E-state index is 0.176. The average molecular weight is 226 g/mol. The maximum absolute atomic E-state index is 11.8. The van der Waals surface area contributed by atoms with Gasteiger partial charge in [0.1, 0.15) is 5.78 Å². The molecule has 0 saturated heterocycles. The lowest BCUT2D eigenvalue weighted by molar-refractivity contribution is -0.140. The standard InChI is InChI=1S/C13H22O3/c1-16-13(15)10-6-5-9-12(14)11-7-3-2-4-8-11/h11H,2-10H2,1H3. The molecule has 0 unspecified atom stereocenters. The number of unbranched alkanes of at least 4 members (excludes halogenated alkanes) is 1. The Kier molecular flexibility index (Phi) is 6.12. The summed E-state index contributed by atoms with van der Waals surface area (Å²) in [6, 6.07) is 0. The van der Waals surface area contributed by atoms with Gasteiger partial charge >= 0.3 is 5.97 Å². The van der Waals surface area contributed by atoms with Gasteiger partial charge in [0.05, 0.1) is 7.11 Å². The van der Waals surface area contributed by atoms with Crippen molar-refractivity contribution in [3.8, 4) is 0 Å². The zero-order chi connectivity index (χ0) is 11.8. The molecule has 92 valence electrons. The summed E-state index contributed by atoms with van der Waals surface area (Å²) < 4.78 is 4.55. The summed E-state index contributed by atoms with van der Waals surface area (Å²) in [7, 11) is 1.40. The Labute approximate surface area is 97.5 Å². The number of ketones is 1. The van der Waals surface area contributed by atoms with Crippen molar-refractivity contribution in [3.63, 3.8) is 0 Å². The van der Waals surface area contributed by atoms with Crippen LogP contribution >= 0.6 is 0 Å². The molecule has 0 N–H and O–H groups in total. The highest BCUT2D eigenvalue weighted by Crippen LogP contribution is 2.25. The Hall–Kier alpha value is -0.860. The first-order valence-electron chi connectivity index (χ1n) is 6.33. The van der Waals surface area contributed by atoms with Gasteiger partial charge in [-0.25, -0.2) is 0 Å². The molecule has 0 aromatic heterocycles. The molecule has 1 aliphatic carbocycles. The zero-order valence-electron chi connectivity index (χ0n) is 10.2. The molecule has 1 rings (SSSR count). The van der Waals surface area contributed by atoms with Crippen LogP contribution in [0, 0.1) is 5.92 Å². The number of hydrogen-bond donors (Lipinski definition) is 0. The molecule has 0 aliphatic heterocycles. The molecular weight excluding hydrogens is 204 g/mol. The zero-order valence-corrected chi connectivity index (χ0v) is 10.2. The second kappa shape index (κ2) is 7.42. The van der Waals surface area contributed by atoms with Gasteiger partial charge < -0.3 is 4.74 Å². The SMILES string of the molecule is COC(=O)CCCCC(=O)C1CCCCC1. The minimum atomic E-state index is -0.176. The molecule has 1 saturated carbocycles. The second-order valence-corrected chi connectivity index (χ2v) is 4.58. The Morgan fingerprint density at radius 3 is 2.31 bits per heavy atom. The molecule has 0 spiro atoms. The fourth-order valence-corrected chi connectivity index (χ4v) is 2.30. The van der Waals surface area contributed by atoms with Crippen molar-refractivity contribution in [2.75, 3.05) is 7.11 Å². The number of methoxy groups -OCH3 is 1. The molecule has 0 amide bonds. The van der Waals surface area contributed by atoms with Crippen LogP contribution in [0.5, 0.6) is 0 Å². The summed E-state index contributed by atoms with van der Waals surface area (Å²) in [6.07, 6.45) is 8.53. The second-order valence-electron chi connectivity index (χ2n) is 4.58. The lowest BCUT2D eigenvalue weighted by Gasteiger charge is -2.20. The Morgan fingerprint density at radius 2 is 1.69 bits per heavy atom. The van der Waals surface area contributed by atoms with Crippen LogP contribution < -0.4 is 0 Å². The third-order valence-corrected chi connectivity index (χ3v) is 3.34. The van der Waals surface area contributed by atoms with E-state index in [1.54, 1.807) is 0 Å². The monoisotopic (exact) mass is 226 g/mol. The van der Waals surface area contributed by atoms with E-state index in [0.717, 1.165) is 25.7 Å². The van der Waals surface area contributed by atoms with Gasteiger partial charge in [0.2, 0.25) is 0 Å². The average Bonchev–Trinajstić information content (AvgIpc) is 2.35. The first kappa shape index (κ1) is 13.2. The van der Waals surface area contributed by atoms with Crippen molar-refractivity contribution < 1.29 is 14.3 Å². The molecular formula is C13H22O3. The number of ether oxygens (including phenoxy) is 1. The number of esters is 1. The molecule has 0 aromatic carbocycles. The van der Waals surface area contributed by atoms with Crippen LogP contribution in [0.4, 0.5) is 0 Å². The molecule has 0 bridgehead atoms. The van der Waals surface area contributed by atoms with Crippen LogP contribution in [0.25, 0.3) is 0 Å². The van der Waals surface area contributed by atoms with Gasteiger partial charge in [-0.05, 0) is 25.7 Å². The lowest BCUT2D eigenvalue weighted by atomic mass is 9.84. The van der Waals surface area contributed by atoms with Crippen molar-refractivity contribution >= 4 is 11.8 Å². The van der Waals surface area contributed by atoms with E-state index in [0.29, 0.717) is 24.5 Å². The van der Waals surface area contributed by atoms with Gasteiger partial charge in [0.25, 0.3) is 0 Å². The highest BCUT2D eigenvalue weighted by molar-refractivity contribution is 5.81. The first-order valence-corrected chi connectivity index (χ1v) is 6.33. The van der Waals surface area contributed by atoms with Gasteiger partial charge in [-0.2, -0.15) is 0 Å². The van der Waals surface area contributed by atoms with Crippen LogP contribution in [-0.4, -0.2) is 18.9 Å². The van der Waals surface area contributed by atoms with Gasteiger partial charge in [-0.15, -0.1) is 0 Å². The van der Waals surface area contributed by atoms with E-state index >= 15 is 0 Å². The summed E-state index contributed by atoms with van der Waals surface area (Å²) in [5.41, 5.74) is 0. The van der Waals surface area contributed by atoms with Crippen molar-refractivity contribution in [2.45, 2.75) is 57.8 Å². The van der Waals surface area contributed by atoms with Crippen molar-refractivity contribution in [2.24, 2.45) is 5.92 Å². The minimum Gasteiger partial charge on any atom is -0.469 e. The molecule has 0 aromatic rings. The summed E-state index contributed by atoms with van der Waals surface area (Å²) in [5, 5.41) is 0. The molecule has 0 heterocycles. The van der Waals surface area contributed by atoms with Gasteiger partial charge in [-0.3, -0.25) is 9.59 Å². The summed E-state index contributed by atoms with van der Waals surface area (Å²) in [4.78, 5) is 22.6. The van der Waals surface area contributed by atoms with E-state index in [4.69, 9.17) is 0 Å². The topological polar surface area (TPSA) is 43.4 Å². The quantitative estimate of drug-likeness (QED) is 0.516. The van der Waals surface area contributed by atoms with Gasteiger partial charge in [-0.1, -0.05) is 19.3 Å². The Bertz CT molecular complexity index is 229. The third-order valence-electron chi connectivity index (χ3n) is 3.34. The number of Topliss-reactive ketones (excluding diaryl/α,β-unsaturated/α-hetero) is 1. The number of carbonyl (C=O) groups is 2. The predicted molar refractivity (Wildman–Crippen MR) is 62.1 cm³/mol. The maximum atomic E-state index is 11.8. The fourth-order valence-electron chi connectivity index (χ4n) is 2.30. The van der Waals surface area contributed by atoms with Crippen LogP contribution in [0.3, 0.4) is 0 Å². The fraction of sp³-hybridized carbons (Fsp3) is 0.846.